The second-order valence-electron chi connectivity index (χ2n) is 6.13. The minimum atomic E-state index is 0.732. The van der Waals surface area contributed by atoms with Crippen molar-refractivity contribution in [3.8, 4) is 5.75 Å². The van der Waals surface area contributed by atoms with Crippen LogP contribution in [0.4, 0.5) is 0 Å². The predicted molar refractivity (Wildman–Crippen MR) is 86.6 cm³/mol. The monoisotopic (exact) mass is 286 g/mol. The Bertz CT molecular complexity index is 466. The predicted octanol–water partition coefficient (Wildman–Crippen LogP) is 2.97. The van der Waals surface area contributed by atoms with Crippen LogP contribution < -0.4 is 10.1 Å². The molecular formula is C18H26N2O. The lowest BCUT2D eigenvalue weighted by atomic mass is 10.2. The van der Waals surface area contributed by atoms with E-state index in [9.17, 15) is 0 Å². The molecule has 3 nitrogen and oxygen atoms in total. The van der Waals surface area contributed by atoms with E-state index in [1.165, 1.54) is 31.2 Å². The van der Waals surface area contributed by atoms with Crippen LogP contribution in [0, 0.1) is 0 Å². The fraction of sp³-hybridized carbons (Fsp3) is 0.556. The molecule has 0 atom stereocenters. The van der Waals surface area contributed by atoms with Gasteiger partial charge in [0.05, 0.1) is 0 Å². The van der Waals surface area contributed by atoms with Gasteiger partial charge in [0, 0.05) is 37.3 Å². The molecule has 0 unspecified atom stereocenters. The Labute approximate surface area is 128 Å². The third-order valence-electron chi connectivity index (χ3n) is 4.19. The summed E-state index contributed by atoms with van der Waals surface area (Å²) in [5, 5.41) is 3.56. The van der Waals surface area contributed by atoms with Crippen molar-refractivity contribution in [3.05, 3.63) is 42.5 Å². The van der Waals surface area contributed by atoms with Crippen LogP contribution in [0.3, 0.4) is 0 Å². The number of hydrogen-bond acceptors (Lipinski definition) is 3. The van der Waals surface area contributed by atoms with Gasteiger partial charge in [0.2, 0.25) is 0 Å². The van der Waals surface area contributed by atoms with Crippen molar-refractivity contribution in [3.63, 3.8) is 0 Å². The highest BCUT2D eigenvalue weighted by Crippen LogP contribution is 2.26. The van der Waals surface area contributed by atoms with E-state index >= 15 is 0 Å². The lowest BCUT2D eigenvalue weighted by molar-refractivity contribution is 0.215. The third-order valence-corrected chi connectivity index (χ3v) is 4.19. The largest absolute Gasteiger partial charge is 0.492 e. The van der Waals surface area contributed by atoms with Gasteiger partial charge < -0.3 is 10.1 Å². The average molecular weight is 286 g/mol. The van der Waals surface area contributed by atoms with Crippen LogP contribution in [-0.4, -0.2) is 36.7 Å². The van der Waals surface area contributed by atoms with Gasteiger partial charge in [-0.05, 0) is 31.7 Å². The Hall–Kier alpha value is -1.32. The molecule has 0 amide bonds. The number of ether oxygens (including phenoxy) is 1. The van der Waals surface area contributed by atoms with E-state index in [2.05, 4.69) is 41.1 Å². The van der Waals surface area contributed by atoms with Crippen LogP contribution in [0.2, 0.25) is 0 Å². The molecule has 0 aliphatic heterocycles. The number of nitrogens with one attached hydrogen (secondary N) is 1. The Morgan fingerprint density at radius 2 is 2.05 bits per heavy atom. The van der Waals surface area contributed by atoms with Gasteiger partial charge in [0.1, 0.15) is 12.4 Å². The number of para-hydroxylation sites is 1. The summed E-state index contributed by atoms with van der Waals surface area (Å²) < 4.78 is 6.03. The van der Waals surface area contributed by atoms with Crippen molar-refractivity contribution in [2.24, 2.45) is 0 Å². The van der Waals surface area contributed by atoms with Gasteiger partial charge in [-0.1, -0.05) is 24.3 Å². The standard InChI is InChI=1S/C18H26N2O/c1-2-11-20(17-9-10-17)12-13-21-18-6-4-3-5-15(18)14-19-16-7-8-16/h2-6,16-17,19H,1,7-14H2. The lowest BCUT2D eigenvalue weighted by Crippen LogP contribution is -2.30. The Balaban J connectivity index is 1.48. The molecule has 114 valence electrons. The van der Waals surface area contributed by atoms with E-state index in [0.717, 1.165) is 44.1 Å². The quantitative estimate of drug-likeness (QED) is 0.669. The molecule has 0 bridgehead atoms. The summed E-state index contributed by atoms with van der Waals surface area (Å²) in [6.07, 6.45) is 7.29. The van der Waals surface area contributed by atoms with Crippen LogP contribution in [0.5, 0.6) is 5.75 Å². The Kier molecular flexibility index (Phi) is 4.94. The van der Waals surface area contributed by atoms with E-state index in [1.54, 1.807) is 0 Å². The fourth-order valence-electron chi connectivity index (χ4n) is 2.63. The first-order valence-electron chi connectivity index (χ1n) is 8.16. The highest BCUT2D eigenvalue weighted by atomic mass is 16.5. The maximum Gasteiger partial charge on any atom is 0.123 e. The molecule has 3 rings (SSSR count). The Morgan fingerprint density at radius 1 is 1.24 bits per heavy atom. The van der Waals surface area contributed by atoms with Crippen molar-refractivity contribution in [1.29, 1.82) is 0 Å². The summed E-state index contributed by atoms with van der Waals surface area (Å²) >= 11 is 0. The van der Waals surface area contributed by atoms with Crippen molar-refractivity contribution in [2.75, 3.05) is 19.7 Å². The first-order valence-corrected chi connectivity index (χ1v) is 8.16. The number of hydrogen-bond donors (Lipinski definition) is 1. The first-order chi connectivity index (χ1) is 10.4. The topological polar surface area (TPSA) is 24.5 Å². The molecule has 0 saturated heterocycles. The summed E-state index contributed by atoms with van der Waals surface area (Å²) in [4.78, 5) is 2.47. The van der Waals surface area contributed by atoms with Crippen LogP contribution >= 0.6 is 0 Å². The van der Waals surface area contributed by atoms with Crippen LogP contribution in [0.15, 0.2) is 36.9 Å². The maximum absolute atomic E-state index is 6.03. The molecular weight excluding hydrogens is 260 g/mol. The molecule has 1 N–H and O–H groups in total. The molecule has 2 aliphatic carbocycles. The second kappa shape index (κ2) is 7.10. The molecule has 2 saturated carbocycles. The summed E-state index contributed by atoms with van der Waals surface area (Å²) in [5.41, 5.74) is 1.27. The van der Waals surface area contributed by atoms with E-state index in [0.29, 0.717) is 0 Å². The van der Waals surface area contributed by atoms with Gasteiger partial charge in [-0.15, -0.1) is 6.58 Å². The van der Waals surface area contributed by atoms with Crippen LogP contribution in [-0.2, 0) is 6.54 Å². The zero-order valence-corrected chi connectivity index (χ0v) is 12.8. The normalized spacial score (nSPS) is 18.0. The Morgan fingerprint density at radius 3 is 2.76 bits per heavy atom. The molecule has 1 aromatic rings. The van der Waals surface area contributed by atoms with Gasteiger partial charge in [-0.2, -0.15) is 0 Å². The van der Waals surface area contributed by atoms with Crippen LogP contribution in [0.25, 0.3) is 0 Å². The number of rotatable bonds is 10. The second-order valence-corrected chi connectivity index (χ2v) is 6.13. The highest BCUT2D eigenvalue weighted by molar-refractivity contribution is 5.33. The molecule has 0 heterocycles. The number of nitrogens with zero attached hydrogens (tertiary/aromatic N) is 1. The van der Waals surface area contributed by atoms with Gasteiger partial charge in [0.15, 0.2) is 0 Å². The van der Waals surface area contributed by atoms with Gasteiger partial charge >= 0.3 is 0 Å². The highest BCUT2D eigenvalue weighted by Gasteiger charge is 2.27. The summed E-state index contributed by atoms with van der Waals surface area (Å²) in [7, 11) is 0. The number of benzene rings is 1. The molecule has 3 heteroatoms. The van der Waals surface area contributed by atoms with Crippen molar-refractivity contribution < 1.29 is 4.74 Å². The van der Waals surface area contributed by atoms with Crippen molar-refractivity contribution in [1.82, 2.24) is 10.2 Å². The van der Waals surface area contributed by atoms with E-state index in [1.807, 2.05) is 6.08 Å². The van der Waals surface area contributed by atoms with Gasteiger partial charge in [-0.25, -0.2) is 0 Å². The zero-order valence-electron chi connectivity index (χ0n) is 12.8. The lowest BCUT2D eigenvalue weighted by Gasteiger charge is -2.20. The maximum atomic E-state index is 6.03. The van der Waals surface area contributed by atoms with Crippen LogP contribution in [0.1, 0.15) is 31.2 Å². The van der Waals surface area contributed by atoms with Gasteiger partial charge in [-0.3, -0.25) is 4.90 Å². The van der Waals surface area contributed by atoms with E-state index in [4.69, 9.17) is 4.74 Å². The van der Waals surface area contributed by atoms with Crippen molar-refractivity contribution in [2.45, 2.75) is 44.3 Å². The third kappa shape index (κ3) is 4.58. The van der Waals surface area contributed by atoms with E-state index in [-0.39, 0.29) is 0 Å². The molecule has 0 spiro atoms. The minimum absolute atomic E-state index is 0.732. The fourth-order valence-corrected chi connectivity index (χ4v) is 2.63. The first kappa shape index (κ1) is 14.6. The average Bonchev–Trinajstić information content (AvgIpc) is 3.39. The minimum Gasteiger partial charge on any atom is -0.492 e. The molecule has 21 heavy (non-hydrogen) atoms. The molecule has 2 fully saturated rings. The zero-order chi connectivity index (χ0) is 14.5. The van der Waals surface area contributed by atoms with E-state index < -0.39 is 0 Å². The molecule has 2 aliphatic rings. The summed E-state index contributed by atoms with van der Waals surface area (Å²) in [5.74, 6) is 1.03. The van der Waals surface area contributed by atoms with Gasteiger partial charge in [0.25, 0.3) is 0 Å². The smallest absolute Gasteiger partial charge is 0.123 e. The molecule has 0 aromatic heterocycles. The molecule has 0 radical (unpaired) electrons. The summed E-state index contributed by atoms with van der Waals surface area (Å²) in [6, 6.07) is 9.88. The summed E-state index contributed by atoms with van der Waals surface area (Å²) in [6.45, 7) is 7.48. The molecule has 1 aromatic carbocycles. The SMILES string of the molecule is C=CCN(CCOc1ccccc1CNC1CC1)C1CC1. The van der Waals surface area contributed by atoms with Crippen molar-refractivity contribution >= 4 is 0 Å².